The zero-order valence-electron chi connectivity index (χ0n) is 19.6. The maximum Gasteiger partial charge on any atom is 0.435 e. The van der Waals surface area contributed by atoms with Gasteiger partial charge in [0.2, 0.25) is 0 Å². The molecule has 1 saturated heterocycles. The lowest BCUT2D eigenvalue weighted by molar-refractivity contribution is -0.141. The van der Waals surface area contributed by atoms with Crippen LogP contribution < -0.4 is 0 Å². The first-order valence-corrected chi connectivity index (χ1v) is 14.0. The van der Waals surface area contributed by atoms with E-state index in [1.807, 2.05) is 6.92 Å². The van der Waals surface area contributed by atoms with Crippen LogP contribution in [0.1, 0.15) is 64.5 Å². The minimum atomic E-state index is -4.46. The van der Waals surface area contributed by atoms with Crippen LogP contribution in [0, 0.1) is 17.8 Å². The van der Waals surface area contributed by atoms with Gasteiger partial charge in [0.05, 0.1) is 12.3 Å². The standard InChI is InChI=1S/C14H25NO2S.C9H12F4N2/c1-2-18(16,17)10-11-4-3-5-15(9-11)14-7-12-6-13(12)8-14;1-2-3-7(10)6-15-5-4-8(14-15)9(11,12)13/h11-14H,2-10H2,1H3;4-5,7H,2-3,6H2,1H3/t11-,12-,13+,14?;/m0./s1. The SMILES string of the molecule is CCCC(F)Cn1ccc(C(F)(F)F)n1.CCS(=O)(=O)C[C@H]1CCCN(C2C[C@@H]3C[C@@H]3C2)C1. The van der Waals surface area contributed by atoms with Crippen molar-refractivity contribution in [2.75, 3.05) is 24.6 Å². The highest BCUT2D eigenvalue weighted by Crippen LogP contribution is 2.53. The predicted octanol–water partition coefficient (Wildman–Crippen LogP) is 4.97. The largest absolute Gasteiger partial charge is 0.435 e. The fourth-order valence-electron chi connectivity index (χ4n) is 5.24. The maximum absolute atomic E-state index is 13.1. The van der Waals surface area contributed by atoms with Gasteiger partial charge in [-0.2, -0.15) is 18.3 Å². The van der Waals surface area contributed by atoms with E-state index >= 15 is 0 Å². The van der Waals surface area contributed by atoms with Crippen molar-refractivity contribution in [3.05, 3.63) is 18.0 Å². The Balaban J connectivity index is 0.000000190. The van der Waals surface area contributed by atoms with E-state index in [2.05, 4.69) is 10.00 Å². The number of aromatic nitrogens is 2. The molecule has 3 aliphatic rings. The van der Waals surface area contributed by atoms with Crippen LogP contribution in [0.2, 0.25) is 0 Å². The van der Waals surface area contributed by atoms with Crippen molar-refractivity contribution in [1.29, 1.82) is 0 Å². The van der Waals surface area contributed by atoms with Crippen LogP contribution in [0.3, 0.4) is 0 Å². The Morgan fingerprint density at radius 1 is 1.18 bits per heavy atom. The topological polar surface area (TPSA) is 55.2 Å². The summed E-state index contributed by atoms with van der Waals surface area (Å²) in [7, 11) is -2.79. The van der Waals surface area contributed by atoms with Crippen LogP contribution in [-0.2, 0) is 22.6 Å². The number of piperidine rings is 1. The minimum absolute atomic E-state index is 0.121. The second-order valence-electron chi connectivity index (χ2n) is 9.89. The molecule has 5 nitrogen and oxygen atoms in total. The Kier molecular flexibility index (Phi) is 8.86. The molecule has 2 unspecified atom stereocenters. The number of sulfone groups is 1. The Hall–Kier alpha value is -1.16. The van der Waals surface area contributed by atoms with Gasteiger partial charge in [-0.3, -0.25) is 4.68 Å². The number of rotatable bonds is 8. The molecule has 10 heteroatoms. The summed E-state index contributed by atoms with van der Waals surface area (Å²) >= 11 is 0. The molecule has 0 spiro atoms. The van der Waals surface area contributed by atoms with Crippen molar-refractivity contribution >= 4 is 9.84 Å². The second kappa shape index (κ2) is 11.1. The number of likely N-dealkylation sites (tertiary alicyclic amines) is 1. The van der Waals surface area contributed by atoms with Crippen molar-refractivity contribution in [2.45, 2.75) is 83.7 Å². The molecular formula is C23H37F4N3O2S. The average Bonchev–Trinajstić information content (AvgIpc) is 3.12. The summed E-state index contributed by atoms with van der Waals surface area (Å²) in [6, 6.07) is 1.62. The van der Waals surface area contributed by atoms with Gasteiger partial charge < -0.3 is 4.90 Å². The van der Waals surface area contributed by atoms with Crippen molar-refractivity contribution in [3.8, 4) is 0 Å². The van der Waals surface area contributed by atoms with Gasteiger partial charge in [0.25, 0.3) is 0 Å². The summed E-state index contributed by atoms with van der Waals surface area (Å²) in [6.07, 6.45) is 3.08. The van der Waals surface area contributed by atoms with E-state index < -0.39 is 27.9 Å². The smallest absolute Gasteiger partial charge is 0.300 e. The van der Waals surface area contributed by atoms with E-state index in [0.29, 0.717) is 30.3 Å². The van der Waals surface area contributed by atoms with Crippen LogP contribution in [0.25, 0.3) is 0 Å². The fourth-order valence-corrected chi connectivity index (χ4v) is 6.47. The van der Waals surface area contributed by atoms with Gasteiger partial charge in [-0.05, 0) is 68.9 Å². The molecule has 0 radical (unpaired) electrons. The summed E-state index contributed by atoms with van der Waals surface area (Å²) in [5.74, 6) is 3.15. The van der Waals surface area contributed by atoms with Crippen LogP contribution in [0.4, 0.5) is 17.6 Å². The molecule has 2 heterocycles. The van der Waals surface area contributed by atoms with Crippen molar-refractivity contribution in [2.24, 2.45) is 17.8 Å². The highest BCUT2D eigenvalue weighted by atomic mass is 32.2. The Morgan fingerprint density at radius 2 is 1.88 bits per heavy atom. The highest BCUT2D eigenvalue weighted by Gasteiger charge is 2.47. The summed E-state index contributed by atoms with van der Waals surface area (Å²) in [4.78, 5) is 2.60. The lowest BCUT2D eigenvalue weighted by atomic mass is 9.97. The normalized spacial score (nSPS) is 28.7. The summed E-state index contributed by atoms with van der Waals surface area (Å²) < 4.78 is 73.9. The van der Waals surface area contributed by atoms with Gasteiger partial charge in [0.1, 0.15) is 16.0 Å². The Morgan fingerprint density at radius 3 is 2.45 bits per heavy atom. The molecule has 2 saturated carbocycles. The molecule has 190 valence electrons. The number of alkyl halides is 4. The monoisotopic (exact) mass is 495 g/mol. The van der Waals surface area contributed by atoms with Crippen LogP contribution in [0.15, 0.2) is 12.3 Å². The van der Waals surface area contributed by atoms with Crippen LogP contribution in [-0.4, -0.2) is 59.9 Å². The fraction of sp³-hybridized carbons (Fsp3) is 0.870. The Bertz CT molecular complexity index is 848. The molecule has 33 heavy (non-hydrogen) atoms. The van der Waals surface area contributed by atoms with E-state index in [-0.39, 0.29) is 6.54 Å². The third kappa shape index (κ3) is 7.94. The molecule has 1 aliphatic heterocycles. The first kappa shape index (κ1) is 26.4. The van der Waals surface area contributed by atoms with Gasteiger partial charge in [0.15, 0.2) is 5.69 Å². The zero-order chi connectivity index (χ0) is 24.2. The summed E-state index contributed by atoms with van der Waals surface area (Å²) in [6.45, 7) is 5.69. The van der Waals surface area contributed by atoms with Crippen molar-refractivity contribution < 1.29 is 26.0 Å². The molecule has 0 bridgehead atoms. The summed E-state index contributed by atoms with van der Waals surface area (Å²) in [5, 5.41) is 3.26. The highest BCUT2D eigenvalue weighted by molar-refractivity contribution is 7.91. The quantitative estimate of drug-likeness (QED) is 0.478. The van der Waals surface area contributed by atoms with Gasteiger partial charge in [-0.1, -0.05) is 20.3 Å². The first-order chi connectivity index (χ1) is 15.5. The molecule has 0 N–H and O–H groups in total. The molecule has 2 aliphatic carbocycles. The van der Waals surface area contributed by atoms with Crippen LogP contribution >= 0.6 is 0 Å². The lowest BCUT2D eigenvalue weighted by Crippen LogP contribution is -2.43. The number of halogens is 4. The van der Waals surface area contributed by atoms with Gasteiger partial charge >= 0.3 is 6.18 Å². The minimum Gasteiger partial charge on any atom is -0.300 e. The molecule has 5 atom stereocenters. The molecule has 0 amide bonds. The molecule has 1 aromatic rings. The van der Waals surface area contributed by atoms with E-state index in [1.165, 1.54) is 32.2 Å². The molecule has 1 aromatic heterocycles. The summed E-state index contributed by atoms with van der Waals surface area (Å²) in [5.41, 5.74) is -0.980. The van der Waals surface area contributed by atoms with E-state index in [1.54, 1.807) is 6.92 Å². The number of hydrogen-bond acceptors (Lipinski definition) is 4. The molecule has 0 aromatic carbocycles. The number of nitrogens with zero attached hydrogens (tertiary/aromatic N) is 3. The van der Waals surface area contributed by atoms with Gasteiger partial charge in [0, 0.05) is 24.5 Å². The lowest BCUT2D eigenvalue weighted by Gasteiger charge is -2.37. The number of fused-ring (bicyclic) bond motifs is 1. The third-order valence-electron chi connectivity index (χ3n) is 7.13. The van der Waals surface area contributed by atoms with Crippen molar-refractivity contribution in [1.82, 2.24) is 14.7 Å². The van der Waals surface area contributed by atoms with E-state index in [0.717, 1.165) is 47.8 Å². The van der Waals surface area contributed by atoms with Crippen molar-refractivity contribution in [3.63, 3.8) is 0 Å². The van der Waals surface area contributed by atoms with Crippen LogP contribution in [0.5, 0.6) is 0 Å². The average molecular weight is 496 g/mol. The maximum atomic E-state index is 13.1. The Labute approximate surface area is 194 Å². The molecular weight excluding hydrogens is 458 g/mol. The predicted molar refractivity (Wildman–Crippen MR) is 120 cm³/mol. The van der Waals surface area contributed by atoms with E-state index in [4.69, 9.17) is 0 Å². The van der Waals surface area contributed by atoms with Gasteiger partial charge in [-0.15, -0.1) is 0 Å². The number of hydrogen-bond donors (Lipinski definition) is 0. The first-order valence-electron chi connectivity index (χ1n) is 12.2. The zero-order valence-corrected chi connectivity index (χ0v) is 20.4. The molecule has 4 rings (SSSR count). The van der Waals surface area contributed by atoms with E-state index in [9.17, 15) is 26.0 Å². The van der Waals surface area contributed by atoms with Gasteiger partial charge in [-0.25, -0.2) is 12.8 Å². The second-order valence-corrected chi connectivity index (χ2v) is 12.3. The third-order valence-corrected chi connectivity index (χ3v) is 8.99. The molecule has 3 fully saturated rings.